The Bertz CT molecular complexity index is 1010. The van der Waals surface area contributed by atoms with E-state index in [-0.39, 0.29) is 30.3 Å². The number of benzene rings is 1. The van der Waals surface area contributed by atoms with Crippen molar-refractivity contribution in [3.8, 4) is 5.75 Å². The number of ether oxygens (including phenoxy) is 1. The number of nitrogens with one attached hydrogen (secondary N) is 3. The first-order valence-corrected chi connectivity index (χ1v) is 9.83. The van der Waals surface area contributed by atoms with Crippen LogP contribution in [0.15, 0.2) is 35.4 Å². The summed E-state index contributed by atoms with van der Waals surface area (Å²) in [6, 6.07) is 4.68. The summed E-state index contributed by atoms with van der Waals surface area (Å²) in [6.07, 6.45) is -1.27. The Kier molecular flexibility index (Phi) is 6.08. The molecule has 0 aliphatic carbocycles. The summed E-state index contributed by atoms with van der Waals surface area (Å²) in [5.74, 6) is -0.0174. The lowest BCUT2D eigenvalue weighted by Crippen LogP contribution is -2.28. The molecule has 0 radical (unpaired) electrons. The third-order valence-corrected chi connectivity index (χ3v) is 5.23. The Morgan fingerprint density at radius 1 is 1.31 bits per heavy atom. The van der Waals surface area contributed by atoms with E-state index in [0.29, 0.717) is 11.5 Å². The zero-order chi connectivity index (χ0) is 21.0. The fraction of sp³-hybridized carbons (Fsp3) is 0.312. The summed E-state index contributed by atoms with van der Waals surface area (Å²) in [5.41, 5.74) is 0.430. The van der Waals surface area contributed by atoms with Crippen LogP contribution in [0.2, 0.25) is 0 Å². The molecule has 29 heavy (non-hydrogen) atoms. The zero-order valence-corrected chi connectivity index (χ0v) is 15.7. The largest absolute Gasteiger partial charge is 0.488 e. The third-order valence-electron chi connectivity index (χ3n) is 3.83. The number of hydrogen-bond acceptors (Lipinski definition) is 6. The van der Waals surface area contributed by atoms with Gasteiger partial charge in [0.15, 0.2) is 0 Å². The molecule has 0 unspecified atom stereocenters. The van der Waals surface area contributed by atoms with E-state index in [1.54, 1.807) is 0 Å². The fourth-order valence-electron chi connectivity index (χ4n) is 2.51. The van der Waals surface area contributed by atoms with Crippen LogP contribution in [0.5, 0.6) is 5.75 Å². The topological polar surface area (TPSA) is 133 Å². The molecule has 3 N–H and O–H groups in total. The second-order valence-electron chi connectivity index (χ2n) is 6.07. The van der Waals surface area contributed by atoms with Gasteiger partial charge in [0.25, 0.3) is 6.43 Å². The van der Waals surface area contributed by atoms with Crippen molar-refractivity contribution in [2.75, 3.05) is 13.2 Å². The van der Waals surface area contributed by atoms with Gasteiger partial charge in [-0.2, -0.15) is 0 Å². The second-order valence-corrected chi connectivity index (χ2v) is 7.83. The van der Waals surface area contributed by atoms with E-state index in [1.165, 1.54) is 29.3 Å². The molecule has 1 fully saturated rings. The van der Waals surface area contributed by atoms with E-state index in [0.717, 1.165) is 6.07 Å². The maximum Gasteiger partial charge on any atom is 0.324 e. The average molecular weight is 429 g/mol. The van der Waals surface area contributed by atoms with E-state index in [2.05, 4.69) is 20.0 Å². The lowest BCUT2D eigenvalue weighted by atomic mass is 10.3. The summed E-state index contributed by atoms with van der Waals surface area (Å²) in [4.78, 5) is 30.7. The summed E-state index contributed by atoms with van der Waals surface area (Å²) in [7, 11) is -3.93. The second kappa shape index (κ2) is 8.53. The van der Waals surface area contributed by atoms with Crippen molar-refractivity contribution in [2.45, 2.75) is 24.4 Å². The molecule has 0 bridgehead atoms. The first kappa shape index (κ1) is 20.7. The van der Waals surface area contributed by atoms with Crippen LogP contribution < -0.4 is 14.8 Å². The van der Waals surface area contributed by atoms with Crippen LogP contribution in [0.1, 0.15) is 11.5 Å². The number of nitrogens with zero attached hydrogens (tertiary/aromatic N) is 2. The van der Waals surface area contributed by atoms with Gasteiger partial charge in [0.05, 0.1) is 18.0 Å². The van der Waals surface area contributed by atoms with Crippen LogP contribution >= 0.6 is 0 Å². The van der Waals surface area contributed by atoms with E-state index in [1.807, 2.05) is 0 Å². The molecule has 1 aliphatic rings. The molecule has 3 rings (SSSR count). The molecule has 1 saturated heterocycles. The number of aromatic nitrogens is 2. The van der Waals surface area contributed by atoms with Gasteiger partial charge in [0.1, 0.15) is 24.7 Å². The quantitative estimate of drug-likeness (QED) is 0.500. The lowest BCUT2D eigenvalue weighted by molar-refractivity contribution is -0.118. The van der Waals surface area contributed by atoms with Crippen LogP contribution in [0.4, 0.5) is 13.6 Å². The lowest BCUT2D eigenvalue weighted by Gasteiger charge is -2.10. The van der Waals surface area contributed by atoms with Crippen LogP contribution in [0.25, 0.3) is 0 Å². The predicted molar refractivity (Wildman–Crippen MR) is 94.5 cm³/mol. The highest BCUT2D eigenvalue weighted by Crippen LogP contribution is 2.18. The molecule has 0 atom stereocenters. The number of carbonyl (C=O) groups is 2. The number of imide groups is 1. The van der Waals surface area contributed by atoms with Crippen LogP contribution in [-0.4, -0.2) is 54.8 Å². The molecule has 1 aliphatic heterocycles. The van der Waals surface area contributed by atoms with Gasteiger partial charge in [-0.3, -0.25) is 10.1 Å². The summed E-state index contributed by atoms with van der Waals surface area (Å²) >= 11 is 0. The van der Waals surface area contributed by atoms with Crippen LogP contribution in [0, 0.1) is 0 Å². The number of carbonyl (C=O) groups excluding carboxylic acids is 2. The Hall–Kier alpha value is -3.06. The monoisotopic (exact) mass is 429 g/mol. The summed E-state index contributed by atoms with van der Waals surface area (Å²) in [6.45, 7) is -0.976. The number of aromatic amines is 1. The molecule has 0 spiro atoms. The van der Waals surface area contributed by atoms with E-state index >= 15 is 0 Å². The van der Waals surface area contributed by atoms with Crippen LogP contribution in [-0.2, 0) is 27.9 Å². The Labute approximate surface area is 164 Å². The standard InChI is InChI=1S/C16H17F2N5O5S/c17-13(18)9-28-11-2-1-3-12(4-11)29(26,27)20-6-10-5-19-14(21-10)7-23-8-15(24)22-16(23)25/h1-5,13,20H,6-9H2,(H,19,21)(H,22,24,25). The van der Waals surface area contributed by atoms with Gasteiger partial charge in [-0.05, 0) is 12.1 Å². The maximum atomic E-state index is 12.4. The molecular formula is C16H17F2N5O5S. The normalized spacial score (nSPS) is 14.5. The van der Waals surface area contributed by atoms with Crippen molar-refractivity contribution < 1.29 is 31.5 Å². The Morgan fingerprint density at radius 3 is 2.79 bits per heavy atom. The van der Waals surface area contributed by atoms with E-state index < -0.39 is 35.0 Å². The Morgan fingerprint density at radius 2 is 2.10 bits per heavy atom. The highest BCUT2D eigenvalue weighted by atomic mass is 32.2. The number of alkyl halides is 2. The number of sulfonamides is 1. The van der Waals surface area contributed by atoms with Crippen molar-refractivity contribution in [1.82, 2.24) is 24.9 Å². The molecule has 1 aromatic carbocycles. The fourth-order valence-corrected chi connectivity index (χ4v) is 3.56. The predicted octanol–water partition coefficient (Wildman–Crippen LogP) is 0.584. The number of amides is 3. The van der Waals surface area contributed by atoms with Crippen molar-refractivity contribution in [1.29, 1.82) is 0 Å². The third kappa shape index (κ3) is 5.48. The SMILES string of the molecule is O=C1CN(Cc2ncc(CNS(=O)(=O)c3cccc(OCC(F)F)c3)[nH]2)C(=O)N1. The highest BCUT2D eigenvalue weighted by Gasteiger charge is 2.27. The zero-order valence-electron chi connectivity index (χ0n) is 14.9. The summed E-state index contributed by atoms with van der Waals surface area (Å²) in [5, 5.41) is 2.14. The summed E-state index contributed by atoms with van der Waals surface area (Å²) < 4.78 is 56.5. The molecule has 3 amide bonds. The number of rotatable bonds is 9. The van der Waals surface area contributed by atoms with Crippen molar-refractivity contribution in [3.05, 3.63) is 42.0 Å². The number of H-pyrrole nitrogens is 1. The van der Waals surface area contributed by atoms with Gasteiger partial charge >= 0.3 is 6.03 Å². The maximum absolute atomic E-state index is 12.4. The average Bonchev–Trinajstić information content (AvgIpc) is 3.24. The number of imidazole rings is 1. The number of hydrogen-bond donors (Lipinski definition) is 3. The minimum atomic E-state index is -3.93. The van der Waals surface area contributed by atoms with Crippen molar-refractivity contribution >= 4 is 22.0 Å². The van der Waals surface area contributed by atoms with Gasteiger partial charge in [0.2, 0.25) is 15.9 Å². The van der Waals surface area contributed by atoms with Gasteiger partial charge in [0, 0.05) is 18.0 Å². The minimum absolute atomic E-state index is 0.00967. The number of urea groups is 1. The van der Waals surface area contributed by atoms with E-state index in [4.69, 9.17) is 4.74 Å². The van der Waals surface area contributed by atoms with Crippen molar-refractivity contribution in [3.63, 3.8) is 0 Å². The van der Waals surface area contributed by atoms with Gasteiger partial charge < -0.3 is 14.6 Å². The molecule has 2 aromatic rings. The molecule has 10 nitrogen and oxygen atoms in total. The van der Waals surface area contributed by atoms with Crippen molar-refractivity contribution in [2.24, 2.45) is 0 Å². The molecule has 13 heteroatoms. The first-order chi connectivity index (χ1) is 13.7. The molecule has 156 valence electrons. The highest BCUT2D eigenvalue weighted by molar-refractivity contribution is 7.89. The molecule has 2 heterocycles. The molecule has 1 aromatic heterocycles. The van der Waals surface area contributed by atoms with Gasteiger partial charge in [-0.1, -0.05) is 6.07 Å². The van der Waals surface area contributed by atoms with Crippen LogP contribution in [0.3, 0.4) is 0 Å². The molecule has 0 saturated carbocycles. The van der Waals surface area contributed by atoms with Gasteiger partial charge in [-0.15, -0.1) is 0 Å². The van der Waals surface area contributed by atoms with Gasteiger partial charge in [-0.25, -0.2) is 31.7 Å². The number of halogens is 2. The smallest absolute Gasteiger partial charge is 0.324 e. The molecular weight excluding hydrogens is 412 g/mol. The Balaban J connectivity index is 1.59. The minimum Gasteiger partial charge on any atom is -0.488 e. The van der Waals surface area contributed by atoms with E-state index in [9.17, 15) is 26.8 Å². The first-order valence-electron chi connectivity index (χ1n) is 8.35.